The Morgan fingerprint density at radius 2 is 0.974 bits per heavy atom. The monoisotopic (exact) mass is 540 g/mol. The first-order valence-electron chi connectivity index (χ1n) is 13.6. The molecule has 4 aromatic rings. The smallest absolute Gasteiger partial charge is 0.261 e. The summed E-state index contributed by atoms with van der Waals surface area (Å²) in [7, 11) is -2.90. The maximum Gasteiger partial charge on any atom is 0.261 e. The van der Waals surface area contributed by atoms with Gasteiger partial charge in [0.2, 0.25) is 0 Å². The van der Waals surface area contributed by atoms with E-state index < -0.39 is 20.5 Å². The number of rotatable bonds is 13. The molecule has 4 nitrogen and oxygen atoms in total. The van der Waals surface area contributed by atoms with Crippen LogP contribution < -0.4 is 10.4 Å². The van der Waals surface area contributed by atoms with Gasteiger partial charge in [0.05, 0.1) is 32.5 Å². The minimum Gasteiger partial charge on any atom is -0.399 e. The molecule has 4 rings (SSSR count). The summed E-state index contributed by atoms with van der Waals surface area (Å²) in [6.07, 6.45) is -1.46. The average molecular weight is 541 g/mol. The molecule has 0 aliphatic carbocycles. The normalized spacial score (nSPS) is 13.6. The Morgan fingerprint density at radius 1 is 0.590 bits per heavy atom. The molecule has 1 N–H and O–H groups in total. The minimum absolute atomic E-state index is 0.145. The van der Waals surface area contributed by atoms with Crippen molar-refractivity contribution in [1.82, 2.24) is 0 Å². The third-order valence-corrected chi connectivity index (χ3v) is 12.0. The lowest BCUT2D eigenvalue weighted by atomic mass is 10.2. The fourth-order valence-electron chi connectivity index (χ4n) is 4.99. The summed E-state index contributed by atoms with van der Waals surface area (Å²) in [6.45, 7) is 7.97. The number of aliphatic hydroxyl groups excluding tert-OH is 1. The van der Waals surface area contributed by atoms with Gasteiger partial charge in [-0.1, -0.05) is 142 Å². The van der Waals surface area contributed by atoms with Crippen LogP contribution in [-0.4, -0.2) is 38.8 Å². The van der Waals surface area contributed by atoms with Crippen LogP contribution in [0.1, 0.15) is 31.9 Å². The molecule has 0 spiro atoms. The Balaban J connectivity index is 1.63. The summed E-state index contributed by atoms with van der Waals surface area (Å²) in [5.74, 6) is 0. The topological polar surface area (TPSA) is 47.9 Å². The van der Waals surface area contributed by atoms with Crippen molar-refractivity contribution in [3.8, 4) is 0 Å². The van der Waals surface area contributed by atoms with Crippen LogP contribution in [0.5, 0.6) is 0 Å². The molecule has 0 radical (unpaired) electrons. The molecular formula is C34H40O4Si. The molecule has 39 heavy (non-hydrogen) atoms. The van der Waals surface area contributed by atoms with Gasteiger partial charge in [-0.05, 0) is 26.5 Å². The van der Waals surface area contributed by atoms with Crippen LogP contribution in [0.2, 0.25) is 5.04 Å². The number of ether oxygens (including phenoxy) is 2. The van der Waals surface area contributed by atoms with E-state index in [-0.39, 0.29) is 18.3 Å². The van der Waals surface area contributed by atoms with Crippen molar-refractivity contribution in [2.75, 3.05) is 13.2 Å². The molecule has 2 atom stereocenters. The quantitative estimate of drug-likeness (QED) is 0.220. The highest BCUT2D eigenvalue weighted by atomic mass is 28.4. The molecule has 0 fully saturated rings. The molecule has 4 aromatic carbocycles. The van der Waals surface area contributed by atoms with E-state index in [9.17, 15) is 5.11 Å². The second kappa shape index (κ2) is 13.8. The van der Waals surface area contributed by atoms with Crippen molar-refractivity contribution in [2.24, 2.45) is 0 Å². The third-order valence-electron chi connectivity index (χ3n) is 6.97. The molecule has 0 bridgehead atoms. The molecule has 0 aromatic heterocycles. The fourth-order valence-corrected chi connectivity index (χ4v) is 9.68. The van der Waals surface area contributed by atoms with Gasteiger partial charge in [-0.15, -0.1) is 0 Å². The summed E-state index contributed by atoms with van der Waals surface area (Å²) in [4.78, 5) is 0. The molecule has 204 valence electrons. The lowest BCUT2D eigenvalue weighted by Crippen LogP contribution is -2.69. The Bertz CT molecular complexity index is 1190. The van der Waals surface area contributed by atoms with E-state index in [1.54, 1.807) is 0 Å². The zero-order valence-electron chi connectivity index (χ0n) is 23.2. The summed E-state index contributed by atoms with van der Waals surface area (Å²) in [5, 5.41) is 13.6. The van der Waals surface area contributed by atoms with Gasteiger partial charge in [0.15, 0.2) is 0 Å². The zero-order chi connectivity index (χ0) is 27.6. The SMILES string of the molecule is CC(C)(C)[Si](O[C@@H](COCc1ccccc1)[C@H](O)COCc1ccccc1)(c1ccccc1)c1ccccc1. The van der Waals surface area contributed by atoms with Gasteiger partial charge < -0.3 is 19.0 Å². The maximum absolute atomic E-state index is 11.5. The minimum atomic E-state index is -2.90. The molecule has 0 aliphatic heterocycles. The van der Waals surface area contributed by atoms with E-state index in [0.29, 0.717) is 13.2 Å². The van der Waals surface area contributed by atoms with Crippen molar-refractivity contribution in [3.05, 3.63) is 132 Å². The second-order valence-electron chi connectivity index (χ2n) is 10.9. The molecule has 0 aliphatic rings. The van der Waals surface area contributed by atoms with E-state index in [0.717, 1.165) is 21.5 Å². The Hall–Kier alpha value is -3.06. The molecular weight excluding hydrogens is 500 g/mol. The van der Waals surface area contributed by atoms with Crippen molar-refractivity contribution >= 4 is 18.7 Å². The van der Waals surface area contributed by atoms with Gasteiger partial charge in [0.1, 0.15) is 6.10 Å². The van der Waals surface area contributed by atoms with E-state index in [2.05, 4.69) is 69.3 Å². The van der Waals surface area contributed by atoms with Crippen LogP contribution in [0.15, 0.2) is 121 Å². The average Bonchev–Trinajstić information content (AvgIpc) is 2.96. The van der Waals surface area contributed by atoms with E-state index >= 15 is 0 Å². The summed E-state index contributed by atoms with van der Waals surface area (Å²) >= 11 is 0. The van der Waals surface area contributed by atoms with E-state index in [1.165, 1.54) is 0 Å². The van der Waals surface area contributed by atoms with Crippen LogP contribution >= 0.6 is 0 Å². The maximum atomic E-state index is 11.5. The van der Waals surface area contributed by atoms with E-state index in [1.807, 2.05) is 72.8 Å². The predicted octanol–water partition coefficient (Wildman–Crippen LogP) is 5.73. The van der Waals surface area contributed by atoms with Gasteiger partial charge in [0.25, 0.3) is 8.32 Å². The first kappa shape index (κ1) is 28.9. The van der Waals surface area contributed by atoms with Gasteiger partial charge in [-0.3, -0.25) is 0 Å². The van der Waals surface area contributed by atoms with Crippen molar-refractivity contribution < 1.29 is 19.0 Å². The molecule has 0 amide bonds. The second-order valence-corrected chi connectivity index (χ2v) is 15.1. The standard InChI is InChI=1S/C34H40O4Si/c1-34(2,3)39(30-20-12-6-13-21-30,31-22-14-7-15-23-31)38-33(27-37-25-29-18-10-5-11-19-29)32(35)26-36-24-28-16-8-4-9-17-28/h4-23,32-33,35H,24-27H2,1-3H3/t32-,33+/m1/s1. The van der Waals surface area contributed by atoms with Crippen LogP contribution in [0.25, 0.3) is 0 Å². The summed E-state index contributed by atoms with van der Waals surface area (Å²) in [6, 6.07) is 41.0. The number of benzene rings is 4. The lowest BCUT2D eigenvalue weighted by molar-refractivity contribution is -0.0688. The highest BCUT2D eigenvalue weighted by molar-refractivity contribution is 6.99. The van der Waals surface area contributed by atoms with Crippen molar-refractivity contribution in [2.45, 2.75) is 51.2 Å². The largest absolute Gasteiger partial charge is 0.399 e. The van der Waals surface area contributed by atoms with Crippen LogP contribution in [-0.2, 0) is 27.1 Å². The van der Waals surface area contributed by atoms with Crippen molar-refractivity contribution in [1.29, 1.82) is 0 Å². The highest BCUT2D eigenvalue weighted by Crippen LogP contribution is 2.38. The summed E-state index contributed by atoms with van der Waals surface area (Å²) in [5.41, 5.74) is 2.14. The Kier molecular flexibility index (Phi) is 10.3. The number of aliphatic hydroxyl groups is 1. The van der Waals surface area contributed by atoms with Crippen LogP contribution in [0, 0.1) is 0 Å². The zero-order valence-corrected chi connectivity index (χ0v) is 24.2. The molecule has 0 saturated carbocycles. The third kappa shape index (κ3) is 7.53. The fraction of sp³-hybridized carbons (Fsp3) is 0.294. The van der Waals surface area contributed by atoms with Crippen LogP contribution in [0.4, 0.5) is 0 Å². The van der Waals surface area contributed by atoms with Gasteiger partial charge in [0, 0.05) is 0 Å². The molecule has 0 unspecified atom stereocenters. The lowest BCUT2D eigenvalue weighted by Gasteiger charge is -2.45. The van der Waals surface area contributed by atoms with Crippen LogP contribution in [0.3, 0.4) is 0 Å². The Labute approximate surface area is 234 Å². The molecule has 0 heterocycles. The molecule has 0 saturated heterocycles. The first-order chi connectivity index (χ1) is 18.9. The first-order valence-corrected chi connectivity index (χ1v) is 15.5. The number of hydrogen-bond donors (Lipinski definition) is 1. The Morgan fingerprint density at radius 3 is 1.38 bits per heavy atom. The molecule has 5 heteroatoms. The van der Waals surface area contributed by atoms with Gasteiger partial charge in [-0.2, -0.15) is 0 Å². The van der Waals surface area contributed by atoms with Gasteiger partial charge in [-0.25, -0.2) is 0 Å². The summed E-state index contributed by atoms with van der Waals surface area (Å²) < 4.78 is 19.4. The van der Waals surface area contributed by atoms with Crippen molar-refractivity contribution in [3.63, 3.8) is 0 Å². The highest BCUT2D eigenvalue weighted by Gasteiger charge is 2.52. The van der Waals surface area contributed by atoms with E-state index in [4.69, 9.17) is 13.9 Å². The number of hydrogen-bond acceptors (Lipinski definition) is 4. The predicted molar refractivity (Wildman–Crippen MR) is 161 cm³/mol. The van der Waals surface area contributed by atoms with Gasteiger partial charge >= 0.3 is 0 Å².